The molecule has 0 aromatic heterocycles. The van der Waals surface area contributed by atoms with Gasteiger partial charge in [0.05, 0.1) is 7.11 Å². The van der Waals surface area contributed by atoms with E-state index in [1.165, 1.54) is 12.0 Å². The third-order valence-electron chi connectivity index (χ3n) is 2.70. The van der Waals surface area contributed by atoms with E-state index in [4.69, 9.17) is 4.74 Å². The standard InChI is InChI=1S/C13H21NO/c1-4-11(2)9-14-10-12-7-5-6-8-13(12)15-3/h5-8,11,14H,4,9-10H2,1-3H3/t11-/m0/s1. The molecule has 1 N–H and O–H groups in total. The average molecular weight is 207 g/mol. The zero-order valence-electron chi connectivity index (χ0n) is 9.92. The molecule has 84 valence electrons. The first-order valence-corrected chi connectivity index (χ1v) is 5.60. The van der Waals surface area contributed by atoms with Crippen molar-refractivity contribution in [1.29, 1.82) is 0 Å². The van der Waals surface area contributed by atoms with E-state index in [9.17, 15) is 0 Å². The summed E-state index contributed by atoms with van der Waals surface area (Å²) in [6.45, 7) is 6.42. The smallest absolute Gasteiger partial charge is 0.123 e. The first kappa shape index (κ1) is 12.1. The molecule has 0 saturated carbocycles. The van der Waals surface area contributed by atoms with E-state index in [0.717, 1.165) is 24.8 Å². The molecular weight excluding hydrogens is 186 g/mol. The van der Waals surface area contributed by atoms with Crippen molar-refractivity contribution in [3.63, 3.8) is 0 Å². The van der Waals surface area contributed by atoms with Crippen LogP contribution in [0, 0.1) is 5.92 Å². The highest BCUT2D eigenvalue weighted by atomic mass is 16.5. The van der Waals surface area contributed by atoms with E-state index in [1.807, 2.05) is 18.2 Å². The summed E-state index contributed by atoms with van der Waals surface area (Å²) in [4.78, 5) is 0. The second-order valence-electron chi connectivity index (χ2n) is 3.96. The fraction of sp³-hybridized carbons (Fsp3) is 0.538. The molecule has 1 aromatic carbocycles. The molecule has 0 radical (unpaired) electrons. The predicted octanol–water partition coefficient (Wildman–Crippen LogP) is 2.83. The van der Waals surface area contributed by atoms with Crippen molar-refractivity contribution in [2.75, 3.05) is 13.7 Å². The molecule has 0 fully saturated rings. The van der Waals surface area contributed by atoms with Crippen LogP contribution in [0.25, 0.3) is 0 Å². The van der Waals surface area contributed by atoms with Gasteiger partial charge in [-0.25, -0.2) is 0 Å². The van der Waals surface area contributed by atoms with Crippen LogP contribution in [0.4, 0.5) is 0 Å². The van der Waals surface area contributed by atoms with E-state index in [-0.39, 0.29) is 0 Å². The molecule has 0 aliphatic heterocycles. The Morgan fingerprint density at radius 3 is 2.73 bits per heavy atom. The lowest BCUT2D eigenvalue weighted by Gasteiger charge is -2.12. The minimum Gasteiger partial charge on any atom is -0.496 e. The summed E-state index contributed by atoms with van der Waals surface area (Å²) >= 11 is 0. The van der Waals surface area contributed by atoms with Gasteiger partial charge in [-0.15, -0.1) is 0 Å². The molecular formula is C13H21NO. The molecule has 2 nitrogen and oxygen atoms in total. The molecule has 1 rings (SSSR count). The van der Waals surface area contributed by atoms with Crippen LogP contribution in [0.2, 0.25) is 0 Å². The van der Waals surface area contributed by atoms with Crippen LogP contribution in [0.15, 0.2) is 24.3 Å². The molecule has 0 amide bonds. The average Bonchev–Trinajstić information content (AvgIpc) is 2.29. The summed E-state index contributed by atoms with van der Waals surface area (Å²) in [6, 6.07) is 8.14. The number of hydrogen-bond donors (Lipinski definition) is 1. The van der Waals surface area contributed by atoms with Crippen LogP contribution in [0.3, 0.4) is 0 Å². The van der Waals surface area contributed by atoms with Gasteiger partial charge in [0.15, 0.2) is 0 Å². The Morgan fingerprint density at radius 1 is 1.33 bits per heavy atom. The van der Waals surface area contributed by atoms with Crippen LogP contribution in [0.1, 0.15) is 25.8 Å². The molecule has 0 aliphatic carbocycles. The van der Waals surface area contributed by atoms with E-state index in [0.29, 0.717) is 0 Å². The maximum absolute atomic E-state index is 5.29. The van der Waals surface area contributed by atoms with Gasteiger partial charge >= 0.3 is 0 Å². The molecule has 15 heavy (non-hydrogen) atoms. The topological polar surface area (TPSA) is 21.3 Å². The van der Waals surface area contributed by atoms with E-state index >= 15 is 0 Å². The molecule has 0 heterocycles. The summed E-state index contributed by atoms with van der Waals surface area (Å²) in [5, 5.41) is 3.45. The Bertz CT molecular complexity index is 286. The number of benzene rings is 1. The van der Waals surface area contributed by atoms with Gasteiger partial charge in [-0.05, 0) is 18.5 Å². The van der Waals surface area contributed by atoms with Crippen LogP contribution in [0.5, 0.6) is 5.75 Å². The van der Waals surface area contributed by atoms with Gasteiger partial charge in [0.1, 0.15) is 5.75 Å². The summed E-state index contributed by atoms with van der Waals surface area (Å²) in [5.74, 6) is 1.70. The van der Waals surface area contributed by atoms with Gasteiger partial charge in [0.25, 0.3) is 0 Å². The fourth-order valence-corrected chi connectivity index (χ4v) is 1.45. The van der Waals surface area contributed by atoms with Crippen LogP contribution < -0.4 is 10.1 Å². The monoisotopic (exact) mass is 207 g/mol. The maximum atomic E-state index is 5.29. The van der Waals surface area contributed by atoms with Gasteiger partial charge < -0.3 is 10.1 Å². The molecule has 2 heteroatoms. The van der Waals surface area contributed by atoms with E-state index < -0.39 is 0 Å². The molecule has 0 aliphatic rings. The van der Waals surface area contributed by atoms with Crippen LogP contribution in [-0.4, -0.2) is 13.7 Å². The van der Waals surface area contributed by atoms with E-state index in [1.54, 1.807) is 7.11 Å². The fourth-order valence-electron chi connectivity index (χ4n) is 1.45. The zero-order valence-corrected chi connectivity index (χ0v) is 9.92. The Morgan fingerprint density at radius 2 is 2.07 bits per heavy atom. The van der Waals surface area contributed by atoms with Crippen LogP contribution >= 0.6 is 0 Å². The van der Waals surface area contributed by atoms with Crippen molar-refractivity contribution >= 4 is 0 Å². The highest BCUT2D eigenvalue weighted by Gasteiger charge is 2.02. The Kier molecular flexibility index (Phi) is 5.19. The molecule has 0 spiro atoms. The molecule has 1 aromatic rings. The Labute approximate surface area is 92.6 Å². The maximum Gasteiger partial charge on any atom is 0.123 e. The number of rotatable bonds is 6. The largest absolute Gasteiger partial charge is 0.496 e. The molecule has 1 atom stereocenters. The first-order valence-electron chi connectivity index (χ1n) is 5.60. The third kappa shape index (κ3) is 3.92. The SMILES string of the molecule is CC[C@H](C)CNCc1ccccc1OC. The van der Waals surface area contributed by atoms with Crippen molar-refractivity contribution in [2.45, 2.75) is 26.8 Å². The normalized spacial score (nSPS) is 12.5. The zero-order chi connectivity index (χ0) is 11.1. The van der Waals surface area contributed by atoms with Gasteiger partial charge in [-0.1, -0.05) is 38.5 Å². The Hall–Kier alpha value is -1.02. The number of methoxy groups -OCH3 is 1. The number of hydrogen-bond acceptors (Lipinski definition) is 2. The summed E-state index contributed by atoms with van der Waals surface area (Å²) < 4.78 is 5.29. The minimum absolute atomic E-state index is 0.736. The second kappa shape index (κ2) is 6.46. The lowest BCUT2D eigenvalue weighted by molar-refractivity contribution is 0.405. The molecule has 0 saturated heterocycles. The lowest BCUT2D eigenvalue weighted by Crippen LogP contribution is -2.20. The van der Waals surface area contributed by atoms with Gasteiger partial charge in [0, 0.05) is 12.1 Å². The number of nitrogens with one attached hydrogen (secondary N) is 1. The first-order chi connectivity index (χ1) is 7.27. The summed E-state index contributed by atoms with van der Waals surface area (Å²) in [5.41, 5.74) is 1.23. The van der Waals surface area contributed by atoms with Gasteiger partial charge in [-0.3, -0.25) is 0 Å². The van der Waals surface area contributed by atoms with Crippen molar-refractivity contribution in [3.8, 4) is 5.75 Å². The van der Waals surface area contributed by atoms with Crippen molar-refractivity contribution in [1.82, 2.24) is 5.32 Å². The van der Waals surface area contributed by atoms with Crippen molar-refractivity contribution in [2.24, 2.45) is 5.92 Å². The number of ether oxygens (including phenoxy) is 1. The highest BCUT2D eigenvalue weighted by Crippen LogP contribution is 2.16. The predicted molar refractivity (Wildman–Crippen MR) is 64.2 cm³/mol. The second-order valence-corrected chi connectivity index (χ2v) is 3.96. The van der Waals surface area contributed by atoms with Crippen molar-refractivity contribution < 1.29 is 4.74 Å². The van der Waals surface area contributed by atoms with Gasteiger partial charge in [0.2, 0.25) is 0 Å². The molecule has 0 unspecified atom stereocenters. The van der Waals surface area contributed by atoms with Crippen molar-refractivity contribution in [3.05, 3.63) is 29.8 Å². The highest BCUT2D eigenvalue weighted by molar-refractivity contribution is 5.32. The Balaban J connectivity index is 2.43. The van der Waals surface area contributed by atoms with Crippen LogP contribution in [-0.2, 0) is 6.54 Å². The summed E-state index contributed by atoms with van der Waals surface area (Å²) in [6.07, 6.45) is 1.22. The lowest BCUT2D eigenvalue weighted by atomic mass is 10.1. The van der Waals surface area contributed by atoms with Gasteiger partial charge in [-0.2, -0.15) is 0 Å². The molecule has 0 bridgehead atoms. The minimum atomic E-state index is 0.736. The van der Waals surface area contributed by atoms with E-state index in [2.05, 4.69) is 25.2 Å². The quantitative estimate of drug-likeness (QED) is 0.774. The summed E-state index contributed by atoms with van der Waals surface area (Å²) in [7, 11) is 1.72. The third-order valence-corrected chi connectivity index (χ3v) is 2.70. The number of para-hydroxylation sites is 1.